The van der Waals surface area contributed by atoms with Crippen LogP contribution in [-0.2, 0) is 20.7 Å². The third-order valence-corrected chi connectivity index (χ3v) is 6.81. The van der Waals surface area contributed by atoms with Crippen LogP contribution in [0.25, 0.3) is 0 Å². The van der Waals surface area contributed by atoms with Crippen LogP contribution in [0.1, 0.15) is 119 Å². The zero-order valence-corrected chi connectivity index (χ0v) is 26.2. The topological polar surface area (TPSA) is 87.7 Å². The Morgan fingerprint density at radius 3 is 2.03 bits per heavy atom. The molecule has 0 aliphatic heterocycles. The van der Waals surface area contributed by atoms with Crippen LogP contribution in [0.15, 0.2) is 24.3 Å². The quantitative estimate of drug-likeness (QED) is 0.237. The Labute approximate surface area is 237 Å². The van der Waals surface area contributed by atoms with Gasteiger partial charge in [-0.1, -0.05) is 78.6 Å². The predicted molar refractivity (Wildman–Crippen MR) is 159 cm³/mol. The van der Waals surface area contributed by atoms with Crippen molar-refractivity contribution in [2.75, 3.05) is 6.54 Å². The minimum atomic E-state index is -0.841. The second-order valence-electron chi connectivity index (χ2n) is 12.4. The Morgan fingerprint density at radius 2 is 1.54 bits per heavy atom. The summed E-state index contributed by atoms with van der Waals surface area (Å²) in [5.74, 6) is -0.226. The van der Waals surface area contributed by atoms with Crippen molar-refractivity contribution in [2.45, 2.75) is 131 Å². The molecule has 2 N–H and O–H groups in total. The van der Waals surface area contributed by atoms with Gasteiger partial charge in [-0.05, 0) is 76.3 Å². The van der Waals surface area contributed by atoms with Crippen molar-refractivity contribution in [1.29, 1.82) is 0 Å². The van der Waals surface area contributed by atoms with Gasteiger partial charge in [0, 0.05) is 12.6 Å². The molecule has 0 aliphatic carbocycles. The number of aryl methyl sites for hydroxylation is 1. The van der Waals surface area contributed by atoms with E-state index in [0.29, 0.717) is 12.5 Å². The van der Waals surface area contributed by atoms with Gasteiger partial charge in [0.15, 0.2) is 0 Å². The number of nitrogens with one attached hydrogen (secondary N) is 2. The molecule has 1 aromatic carbocycles. The van der Waals surface area contributed by atoms with E-state index in [4.69, 9.17) is 4.74 Å². The van der Waals surface area contributed by atoms with Crippen LogP contribution in [0.3, 0.4) is 0 Å². The van der Waals surface area contributed by atoms with E-state index in [9.17, 15) is 14.4 Å². The van der Waals surface area contributed by atoms with Gasteiger partial charge in [0.2, 0.25) is 11.8 Å². The van der Waals surface area contributed by atoms with Gasteiger partial charge in [0.1, 0.15) is 17.7 Å². The summed E-state index contributed by atoms with van der Waals surface area (Å²) in [7, 11) is 0. The van der Waals surface area contributed by atoms with Gasteiger partial charge in [-0.25, -0.2) is 4.79 Å². The van der Waals surface area contributed by atoms with E-state index < -0.39 is 23.8 Å². The van der Waals surface area contributed by atoms with Crippen LogP contribution in [0.2, 0.25) is 0 Å². The number of nitrogens with zero attached hydrogens (tertiary/aromatic N) is 1. The van der Waals surface area contributed by atoms with Crippen molar-refractivity contribution in [3.05, 3.63) is 35.4 Å². The number of rotatable bonds is 15. The summed E-state index contributed by atoms with van der Waals surface area (Å²) in [5.41, 5.74) is 1.24. The summed E-state index contributed by atoms with van der Waals surface area (Å²) in [6.07, 6.45) is 4.87. The molecule has 0 radical (unpaired) electrons. The molecule has 222 valence electrons. The number of ether oxygens (including phenoxy) is 1. The highest BCUT2D eigenvalue weighted by molar-refractivity contribution is 5.92. The van der Waals surface area contributed by atoms with Crippen molar-refractivity contribution < 1.29 is 19.1 Å². The van der Waals surface area contributed by atoms with E-state index in [1.54, 1.807) is 25.7 Å². The molecule has 0 fully saturated rings. The number of hydrogen-bond donors (Lipinski definition) is 2. The first kappa shape index (κ1) is 34.5. The molecule has 0 heterocycles. The third-order valence-electron chi connectivity index (χ3n) is 6.81. The first-order chi connectivity index (χ1) is 18.2. The van der Waals surface area contributed by atoms with Gasteiger partial charge in [-0.15, -0.1) is 0 Å². The third kappa shape index (κ3) is 12.0. The first-order valence-electron chi connectivity index (χ1n) is 14.9. The van der Waals surface area contributed by atoms with Gasteiger partial charge in [0.05, 0.1) is 0 Å². The normalized spacial score (nSPS) is 14.1. The van der Waals surface area contributed by atoms with E-state index in [1.165, 1.54) is 5.56 Å². The second-order valence-corrected chi connectivity index (χ2v) is 12.4. The standard InChI is InChI=1S/C32H55N3O4/c1-11-13-14-21-33-29(36)28(26-19-17-25(12-2)18-20-26)35(24(7)16-15-22(3)4)30(37)27(23(5)6)34-31(38)39-32(8,9)10/h17-20,22-24,27-28H,11-16,21H2,1-10H3,(H,33,36)(H,34,38). The summed E-state index contributed by atoms with van der Waals surface area (Å²) in [5, 5.41) is 5.91. The number of hydrogen-bond acceptors (Lipinski definition) is 4. The van der Waals surface area contributed by atoms with Gasteiger partial charge >= 0.3 is 6.09 Å². The summed E-state index contributed by atoms with van der Waals surface area (Å²) < 4.78 is 5.48. The number of alkyl carbamates (subject to hydrolysis) is 1. The zero-order chi connectivity index (χ0) is 29.8. The summed E-state index contributed by atoms with van der Waals surface area (Å²) in [6.45, 7) is 20.2. The molecule has 1 rings (SSSR count). The molecule has 0 bridgehead atoms. The van der Waals surface area contributed by atoms with E-state index in [-0.39, 0.29) is 23.8 Å². The highest BCUT2D eigenvalue weighted by atomic mass is 16.6. The van der Waals surface area contributed by atoms with E-state index in [1.807, 2.05) is 45.0 Å². The highest BCUT2D eigenvalue weighted by Gasteiger charge is 2.39. The molecular formula is C32H55N3O4. The van der Waals surface area contributed by atoms with Gasteiger partial charge in [-0.3, -0.25) is 9.59 Å². The molecule has 0 aromatic heterocycles. The summed E-state index contributed by atoms with van der Waals surface area (Å²) >= 11 is 0. The molecule has 0 saturated heterocycles. The highest BCUT2D eigenvalue weighted by Crippen LogP contribution is 2.29. The lowest BCUT2D eigenvalue weighted by molar-refractivity contribution is -0.146. The Balaban J connectivity index is 3.55. The van der Waals surface area contributed by atoms with E-state index in [0.717, 1.165) is 44.1 Å². The molecule has 3 amide bonds. The number of carbonyl (C=O) groups excluding carboxylic acids is 3. The van der Waals surface area contributed by atoms with Crippen molar-refractivity contribution in [2.24, 2.45) is 11.8 Å². The van der Waals surface area contributed by atoms with Gasteiger partial charge in [-0.2, -0.15) is 0 Å². The van der Waals surface area contributed by atoms with Crippen molar-refractivity contribution in [1.82, 2.24) is 15.5 Å². The summed E-state index contributed by atoms with van der Waals surface area (Å²) in [6, 6.07) is 6.08. The molecular weight excluding hydrogens is 490 g/mol. The summed E-state index contributed by atoms with van der Waals surface area (Å²) in [4.78, 5) is 42.7. The zero-order valence-electron chi connectivity index (χ0n) is 26.2. The second kappa shape index (κ2) is 16.5. The number of amides is 3. The molecule has 39 heavy (non-hydrogen) atoms. The van der Waals surface area contributed by atoms with Gasteiger partial charge in [0.25, 0.3) is 0 Å². The maximum absolute atomic E-state index is 14.4. The smallest absolute Gasteiger partial charge is 0.408 e. The van der Waals surface area contributed by atoms with Crippen LogP contribution in [0, 0.1) is 11.8 Å². The lowest BCUT2D eigenvalue weighted by Gasteiger charge is -2.39. The number of carbonyl (C=O) groups is 3. The Kier molecular flexibility index (Phi) is 14.6. The lowest BCUT2D eigenvalue weighted by Crippen LogP contribution is -2.57. The van der Waals surface area contributed by atoms with Crippen LogP contribution in [0.5, 0.6) is 0 Å². The van der Waals surface area contributed by atoms with Gasteiger partial charge < -0.3 is 20.3 Å². The Hall–Kier alpha value is -2.57. The van der Waals surface area contributed by atoms with Crippen molar-refractivity contribution >= 4 is 17.9 Å². The van der Waals surface area contributed by atoms with Crippen LogP contribution >= 0.6 is 0 Å². The first-order valence-corrected chi connectivity index (χ1v) is 14.9. The maximum atomic E-state index is 14.4. The molecule has 7 heteroatoms. The van der Waals surface area contributed by atoms with Crippen molar-refractivity contribution in [3.63, 3.8) is 0 Å². The van der Waals surface area contributed by atoms with E-state index >= 15 is 0 Å². The molecule has 3 atom stereocenters. The largest absolute Gasteiger partial charge is 0.444 e. The Bertz CT molecular complexity index is 890. The Morgan fingerprint density at radius 1 is 0.923 bits per heavy atom. The lowest BCUT2D eigenvalue weighted by atomic mass is 9.94. The van der Waals surface area contributed by atoms with Crippen LogP contribution < -0.4 is 10.6 Å². The predicted octanol–water partition coefficient (Wildman–Crippen LogP) is 6.80. The van der Waals surface area contributed by atoms with Crippen molar-refractivity contribution in [3.8, 4) is 0 Å². The average molecular weight is 546 g/mol. The number of unbranched alkanes of at least 4 members (excludes halogenated alkanes) is 2. The van der Waals surface area contributed by atoms with Crippen LogP contribution in [-0.4, -0.2) is 47.0 Å². The maximum Gasteiger partial charge on any atom is 0.408 e. The van der Waals surface area contributed by atoms with E-state index in [2.05, 4.69) is 38.3 Å². The fraction of sp³-hybridized carbons (Fsp3) is 0.719. The minimum Gasteiger partial charge on any atom is -0.444 e. The molecule has 3 unspecified atom stereocenters. The fourth-order valence-electron chi connectivity index (χ4n) is 4.48. The molecule has 0 saturated carbocycles. The number of benzene rings is 1. The molecule has 0 aliphatic rings. The van der Waals surface area contributed by atoms with Crippen LogP contribution in [0.4, 0.5) is 4.79 Å². The monoisotopic (exact) mass is 545 g/mol. The molecule has 1 aromatic rings. The average Bonchev–Trinajstić information content (AvgIpc) is 2.85. The molecule has 7 nitrogen and oxygen atoms in total. The fourth-order valence-corrected chi connectivity index (χ4v) is 4.48. The molecule has 0 spiro atoms. The minimum absolute atomic E-state index is 0.195. The SMILES string of the molecule is CCCCCNC(=O)C(c1ccc(CC)cc1)N(C(=O)C(NC(=O)OC(C)(C)C)C(C)C)C(C)CCC(C)C.